The van der Waals surface area contributed by atoms with E-state index in [2.05, 4.69) is 47.4 Å². The molecule has 3 amide bonds. The number of thioether (sulfide) groups is 1. The van der Waals surface area contributed by atoms with Crippen LogP contribution in [-0.4, -0.2) is 24.2 Å². The molecule has 0 saturated carbocycles. The topological polar surface area (TPSA) is 92.6 Å². The molecular weight excluding hydrogens is 414 g/mol. The average molecular weight is 440 g/mol. The second-order valence-corrected chi connectivity index (χ2v) is 7.85. The van der Waals surface area contributed by atoms with E-state index < -0.39 is 11.9 Å². The average Bonchev–Trinajstić information content (AvgIpc) is 3.27. The zero-order valence-corrected chi connectivity index (χ0v) is 18.0. The highest BCUT2D eigenvalue weighted by Crippen LogP contribution is 2.14. The Labute approximate surface area is 185 Å². The summed E-state index contributed by atoms with van der Waals surface area (Å²) in [6.07, 6.45) is 0. The molecule has 3 N–H and O–H groups in total. The summed E-state index contributed by atoms with van der Waals surface area (Å²) >= 11 is 1.72. The van der Waals surface area contributed by atoms with Crippen LogP contribution in [0.15, 0.2) is 71.1 Å². The van der Waals surface area contributed by atoms with Gasteiger partial charge in [-0.15, -0.1) is 0 Å². The second-order valence-electron chi connectivity index (χ2n) is 6.74. The van der Waals surface area contributed by atoms with Crippen molar-refractivity contribution in [3.63, 3.8) is 0 Å². The van der Waals surface area contributed by atoms with Crippen molar-refractivity contribution in [2.45, 2.75) is 19.3 Å². The van der Waals surface area contributed by atoms with Gasteiger partial charge in [-0.05, 0) is 36.8 Å². The van der Waals surface area contributed by atoms with Crippen LogP contribution in [0.2, 0.25) is 0 Å². The Bertz CT molecular complexity index is 974. The van der Waals surface area contributed by atoms with Crippen molar-refractivity contribution in [3.8, 4) is 5.75 Å². The van der Waals surface area contributed by atoms with Gasteiger partial charge in [0.2, 0.25) is 0 Å². The third-order valence-electron chi connectivity index (χ3n) is 4.22. The number of para-hydroxylation sites is 1. The highest BCUT2D eigenvalue weighted by atomic mass is 32.2. The summed E-state index contributed by atoms with van der Waals surface area (Å²) in [6, 6.07) is 20.4. The molecule has 0 unspecified atom stereocenters. The predicted molar refractivity (Wildman–Crippen MR) is 121 cm³/mol. The van der Waals surface area contributed by atoms with Crippen LogP contribution in [0.4, 0.5) is 4.79 Å². The Hall–Kier alpha value is -3.39. The second kappa shape index (κ2) is 11.7. The summed E-state index contributed by atoms with van der Waals surface area (Å²) in [6.45, 7) is 2.74. The van der Waals surface area contributed by atoms with Crippen LogP contribution in [0.5, 0.6) is 5.75 Å². The molecule has 0 spiro atoms. The van der Waals surface area contributed by atoms with Crippen LogP contribution in [0, 0.1) is 6.92 Å². The Morgan fingerprint density at radius 3 is 2.52 bits per heavy atom. The number of ether oxygens (including phenoxy) is 1. The van der Waals surface area contributed by atoms with Gasteiger partial charge in [-0.2, -0.15) is 11.8 Å². The number of aryl methyl sites for hydroxylation is 1. The van der Waals surface area contributed by atoms with E-state index in [0.717, 1.165) is 11.5 Å². The van der Waals surface area contributed by atoms with E-state index in [1.807, 2.05) is 30.3 Å². The van der Waals surface area contributed by atoms with E-state index in [9.17, 15) is 9.59 Å². The smallest absolute Gasteiger partial charge is 0.333 e. The van der Waals surface area contributed by atoms with Gasteiger partial charge >= 0.3 is 11.9 Å². The lowest BCUT2D eigenvalue weighted by Gasteiger charge is -2.08. The predicted octanol–water partition coefficient (Wildman–Crippen LogP) is 4.04. The number of carbonyl (C=O) groups excluding carboxylic acids is 2. The zero-order valence-electron chi connectivity index (χ0n) is 17.2. The molecule has 0 aliphatic rings. The number of furan rings is 1. The Kier molecular flexibility index (Phi) is 8.42. The zero-order chi connectivity index (χ0) is 21.9. The van der Waals surface area contributed by atoms with Gasteiger partial charge in [-0.25, -0.2) is 10.2 Å². The number of carbonyl (C=O) groups is 2. The molecule has 0 aliphatic heterocycles. The third-order valence-corrected chi connectivity index (χ3v) is 5.25. The van der Waals surface area contributed by atoms with Gasteiger partial charge in [0, 0.05) is 18.1 Å². The van der Waals surface area contributed by atoms with Crippen molar-refractivity contribution in [1.82, 2.24) is 16.2 Å². The molecule has 162 valence electrons. The maximum atomic E-state index is 12.1. The normalized spacial score (nSPS) is 10.4. The van der Waals surface area contributed by atoms with Crippen molar-refractivity contribution in [3.05, 3.63) is 89.4 Å². The number of benzene rings is 2. The van der Waals surface area contributed by atoms with E-state index in [-0.39, 0.29) is 12.4 Å². The third kappa shape index (κ3) is 7.75. The first-order valence-electron chi connectivity index (χ1n) is 9.84. The Morgan fingerprint density at radius 1 is 0.968 bits per heavy atom. The summed E-state index contributed by atoms with van der Waals surface area (Å²) in [5.41, 5.74) is 7.11. The summed E-state index contributed by atoms with van der Waals surface area (Å²) in [4.78, 5) is 23.9. The van der Waals surface area contributed by atoms with Crippen LogP contribution in [0.1, 0.15) is 27.4 Å². The molecule has 3 aromatic rings. The number of amides is 3. The van der Waals surface area contributed by atoms with Gasteiger partial charge in [-0.3, -0.25) is 10.2 Å². The summed E-state index contributed by atoms with van der Waals surface area (Å²) in [5, 5.41) is 2.69. The van der Waals surface area contributed by atoms with Crippen LogP contribution in [-0.2, 0) is 12.4 Å². The molecule has 1 aromatic heterocycles. The number of hydrogen-bond acceptors (Lipinski definition) is 5. The number of hydrazine groups is 1. The van der Waals surface area contributed by atoms with Crippen LogP contribution < -0.4 is 20.9 Å². The molecule has 2 aromatic carbocycles. The molecular formula is C23H25N3O4S. The van der Waals surface area contributed by atoms with E-state index >= 15 is 0 Å². The molecule has 0 radical (unpaired) electrons. The minimum absolute atomic E-state index is 0.0839. The van der Waals surface area contributed by atoms with Crippen LogP contribution in [0.3, 0.4) is 0 Å². The Balaban J connectivity index is 1.29. The number of rotatable bonds is 9. The first kappa shape index (κ1) is 22.3. The highest BCUT2D eigenvalue weighted by molar-refractivity contribution is 7.98. The fourth-order valence-electron chi connectivity index (χ4n) is 2.58. The first-order chi connectivity index (χ1) is 15.1. The molecule has 31 heavy (non-hydrogen) atoms. The van der Waals surface area contributed by atoms with Crippen molar-refractivity contribution in [2.75, 3.05) is 12.3 Å². The van der Waals surface area contributed by atoms with Crippen molar-refractivity contribution >= 4 is 23.7 Å². The molecule has 0 atom stereocenters. The van der Waals surface area contributed by atoms with Gasteiger partial charge in [0.15, 0.2) is 5.76 Å². The van der Waals surface area contributed by atoms with Crippen molar-refractivity contribution < 1.29 is 18.7 Å². The molecule has 0 fully saturated rings. The lowest BCUT2D eigenvalue weighted by Crippen LogP contribution is -2.47. The van der Waals surface area contributed by atoms with Gasteiger partial charge < -0.3 is 14.5 Å². The largest absolute Gasteiger partial charge is 0.486 e. The maximum absolute atomic E-state index is 12.1. The van der Waals surface area contributed by atoms with Crippen molar-refractivity contribution in [1.29, 1.82) is 0 Å². The Morgan fingerprint density at radius 2 is 1.74 bits per heavy atom. The fraction of sp³-hybridized carbons (Fsp3) is 0.217. The number of hydrogen-bond donors (Lipinski definition) is 3. The fourth-order valence-corrected chi connectivity index (χ4v) is 3.40. The molecule has 7 nitrogen and oxygen atoms in total. The number of urea groups is 1. The van der Waals surface area contributed by atoms with E-state index in [1.54, 1.807) is 17.8 Å². The van der Waals surface area contributed by atoms with Crippen molar-refractivity contribution in [2.24, 2.45) is 0 Å². The van der Waals surface area contributed by atoms with E-state index in [0.29, 0.717) is 18.1 Å². The lowest BCUT2D eigenvalue weighted by molar-refractivity contribution is 0.0904. The van der Waals surface area contributed by atoms with Gasteiger partial charge in [-0.1, -0.05) is 48.0 Å². The first-order valence-corrected chi connectivity index (χ1v) is 11.0. The molecule has 0 aliphatic carbocycles. The van der Waals surface area contributed by atoms with Gasteiger partial charge in [0.1, 0.15) is 18.1 Å². The SMILES string of the molecule is Cc1ccc(CSCCNC(=O)NNC(=O)c2ccc(COc3ccccc3)o2)cc1. The monoisotopic (exact) mass is 439 g/mol. The minimum atomic E-state index is -0.546. The van der Waals surface area contributed by atoms with Crippen LogP contribution >= 0.6 is 11.8 Å². The lowest BCUT2D eigenvalue weighted by atomic mass is 10.2. The highest BCUT2D eigenvalue weighted by Gasteiger charge is 2.12. The van der Waals surface area contributed by atoms with E-state index in [4.69, 9.17) is 9.15 Å². The summed E-state index contributed by atoms with van der Waals surface area (Å²) in [7, 11) is 0. The standard InChI is InChI=1S/C23H25N3O4S/c1-17-7-9-18(10-8-17)16-31-14-13-24-23(28)26-25-22(27)21-12-11-20(30-21)15-29-19-5-3-2-4-6-19/h2-12H,13-16H2,1H3,(H,25,27)(H2,24,26,28). The summed E-state index contributed by atoms with van der Waals surface area (Å²) < 4.78 is 11.0. The summed E-state index contributed by atoms with van der Waals surface area (Å²) in [5.74, 6) is 2.40. The number of nitrogens with one attached hydrogen (secondary N) is 3. The van der Waals surface area contributed by atoms with Gasteiger partial charge in [0.25, 0.3) is 0 Å². The maximum Gasteiger partial charge on any atom is 0.333 e. The van der Waals surface area contributed by atoms with Gasteiger partial charge in [0.05, 0.1) is 0 Å². The molecule has 1 heterocycles. The van der Waals surface area contributed by atoms with E-state index in [1.165, 1.54) is 17.2 Å². The molecule has 0 bridgehead atoms. The molecule has 8 heteroatoms. The quantitative estimate of drug-likeness (QED) is 0.346. The molecule has 3 rings (SSSR count). The van der Waals surface area contributed by atoms with Crippen LogP contribution in [0.25, 0.3) is 0 Å². The minimum Gasteiger partial charge on any atom is -0.486 e. The molecule has 0 saturated heterocycles.